The van der Waals surface area contributed by atoms with E-state index >= 15 is 0 Å². The van der Waals surface area contributed by atoms with Gasteiger partial charge in [-0.15, -0.1) is 16.7 Å². The third-order valence-electron chi connectivity index (χ3n) is 2.03. The number of alkyl halides is 1. The molecule has 0 spiro atoms. The van der Waals surface area contributed by atoms with Gasteiger partial charge >= 0.3 is 6.01 Å². The first-order valence-corrected chi connectivity index (χ1v) is 6.23. The topological polar surface area (TPSA) is 51.0 Å². The van der Waals surface area contributed by atoms with Crippen LogP contribution in [0.2, 0.25) is 0 Å². The van der Waals surface area contributed by atoms with Gasteiger partial charge in [-0.1, -0.05) is 5.10 Å². The van der Waals surface area contributed by atoms with Gasteiger partial charge in [0, 0.05) is 18.4 Å². The molecule has 1 heterocycles. The molecule has 2 rings (SSSR count). The highest BCUT2D eigenvalue weighted by Crippen LogP contribution is 2.25. The molecule has 96 valence electrons. The van der Waals surface area contributed by atoms with E-state index in [9.17, 15) is 8.78 Å². The fraction of sp³-hybridized carbons (Fsp3) is 0.200. The summed E-state index contributed by atoms with van der Waals surface area (Å²) in [5.41, 5.74) is -0.0863. The number of nitrogens with zero attached hydrogens (tertiary/aromatic N) is 2. The van der Waals surface area contributed by atoms with Crippen LogP contribution < -0.4 is 5.32 Å². The maximum absolute atomic E-state index is 13.5. The molecule has 0 aliphatic carbocycles. The summed E-state index contributed by atoms with van der Waals surface area (Å²) in [6, 6.07) is 1.98. The molecule has 0 bridgehead atoms. The van der Waals surface area contributed by atoms with Crippen LogP contribution >= 0.6 is 27.5 Å². The lowest BCUT2D eigenvalue weighted by Gasteiger charge is -2.04. The maximum atomic E-state index is 13.5. The molecule has 8 heteroatoms. The number of rotatable bonds is 4. The van der Waals surface area contributed by atoms with Gasteiger partial charge in [0.05, 0.1) is 10.2 Å². The maximum Gasteiger partial charge on any atom is 0.320 e. The number of hydrogen-bond acceptors (Lipinski definition) is 4. The molecule has 0 radical (unpaired) electrons. The zero-order chi connectivity index (χ0) is 13.1. The highest BCUT2D eigenvalue weighted by atomic mass is 79.9. The van der Waals surface area contributed by atoms with Crippen LogP contribution in [0.3, 0.4) is 0 Å². The molecular weight excluding hydrogens is 331 g/mol. The van der Waals surface area contributed by atoms with Gasteiger partial charge in [-0.25, -0.2) is 8.78 Å². The lowest BCUT2D eigenvalue weighted by atomic mass is 10.3. The molecule has 0 amide bonds. The summed E-state index contributed by atoms with van der Waals surface area (Å²) in [7, 11) is 0. The second-order valence-electron chi connectivity index (χ2n) is 3.31. The van der Waals surface area contributed by atoms with Crippen molar-refractivity contribution in [2.24, 2.45) is 0 Å². The lowest BCUT2D eigenvalue weighted by Crippen LogP contribution is -1.95. The van der Waals surface area contributed by atoms with E-state index in [0.29, 0.717) is 18.2 Å². The molecule has 2 aromatic rings. The molecule has 0 fully saturated rings. The first-order valence-electron chi connectivity index (χ1n) is 4.90. The van der Waals surface area contributed by atoms with Crippen LogP contribution in [-0.2, 0) is 6.42 Å². The number of benzene rings is 1. The molecule has 0 aliphatic rings. The van der Waals surface area contributed by atoms with E-state index in [2.05, 4.69) is 31.4 Å². The smallest absolute Gasteiger partial charge is 0.320 e. The molecule has 18 heavy (non-hydrogen) atoms. The van der Waals surface area contributed by atoms with Gasteiger partial charge in [0.2, 0.25) is 5.89 Å². The van der Waals surface area contributed by atoms with E-state index in [1.54, 1.807) is 0 Å². The SMILES string of the molecule is Fc1cc(Nc2nnc(CCCl)o2)c(F)cc1Br. The Morgan fingerprint density at radius 3 is 2.78 bits per heavy atom. The summed E-state index contributed by atoms with van der Waals surface area (Å²) in [6.07, 6.45) is 0.410. The summed E-state index contributed by atoms with van der Waals surface area (Å²) >= 11 is 8.39. The minimum absolute atomic E-state index is 0.0178. The molecule has 0 atom stereocenters. The van der Waals surface area contributed by atoms with E-state index in [0.717, 1.165) is 12.1 Å². The second kappa shape index (κ2) is 5.62. The summed E-state index contributed by atoms with van der Waals surface area (Å²) in [4.78, 5) is 0. The van der Waals surface area contributed by atoms with Crippen molar-refractivity contribution in [2.45, 2.75) is 6.42 Å². The van der Waals surface area contributed by atoms with Gasteiger partial charge in [0.25, 0.3) is 0 Å². The van der Waals surface area contributed by atoms with Crippen molar-refractivity contribution in [3.63, 3.8) is 0 Å². The molecular formula is C10H7BrClF2N3O. The molecule has 0 saturated heterocycles. The molecule has 1 N–H and O–H groups in total. The van der Waals surface area contributed by atoms with Crippen LogP contribution in [0.1, 0.15) is 5.89 Å². The third kappa shape index (κ3) is 2.97. The van der Waals surface area contributed by atoms with Gasteiger partial charge < -0.3 is 9.73 Å². The van der Waals surface area contributed by atoms with E-state index < -0.39 is 11.6 Å². The number of halogens is 4. The number of hydrogen-bond donors (Lipinski definition) is 1. The van der Waals surface area contributed by atoms with Crippen molar-refractivity contribution in [2.75, 3.05) is 11.2 Å². The average Bonchev–Trinajstić information content (AvgIpc) is 2.74. The van der Waals surface area contributed by atoms with Crippen molar-refractivity contribution in [1.82, 2.24) is 10.2 Å². The Morgan fingerprint density at radius 1 is 1.28 bits per heavy atom. The molecule has 4 nitrogen and oxygen atoms in total. The van der Waals surface area contributed by atoms with Crippen LogP contribution in [0.15, 0.2) is 21.0 Å². The highest BCUT2D eigenvalue weighted by Gasteiger charge is 2.11. The van der Waals surface area contributed by atoms with E-state index in [-0.39, 0.29) is 16.2 Å². The zero-order valence-electron chi connectivity index (χ0n) is 8.88. The van der Waals surface area contributed by atoms with Crippen LogP contribution in [-0.4, -0.2) is 16.1 Å². The van der Waals surface area contributed by atoms with Crippen molar-refractivity contribution < 1.29 is 13.2 Å². The van der Waals surface area contributed by atoms with Gasteiger partial charge in [0.1, 0.15) is 11.6 Å². The number of aryl methyl sites for hydroxylation is 1. The monoisotopic (exact) mass is 337 g/mol. The van der Waals surface area contributed by atoms with E-state index in [4.69, 9.17) is 16.0 Å². The van der Waals surface area contributed by atoms with Crippen LogP contribution in [0.5, 0.6) is 0 Å². The summed E-state index contributed by atoms with van der Waals surface area (Å²) in [5, 5.41) is 9.82. The minimum atomic E-state index is -0.639. The highest BCUT2D eigenvalue weighted by molar-refractivity contribution is 9.10. The van der Waals surface area contributed by atoms with Crippen molar-refractivity contribution in [3.8, 4) is 0 Å². The standard InChI is InChI=1S/C10H7BrClF2N3O/c11-5-3-7(14)8(4-6(5)13)15-10-17-16-9(18-10)1-2-12/h3-4H,1-2H2,(H,15,17). The molecule has 0 aliphatic heterocycles. The van der Waals surface area contributed by atoms with Crippen molar-refractivity contribution >= 4 is 39.2 Å². The van der Waals surface area contributed by atoms with Gasteiger partial charge in [0.15, 0.2) is 0 Å². The predicted octanol–water partition coefficient (Wildman–Crippen LogP) is 3.64. The quantitative estimate of drug-likeness (QED) is 0.683. The van der Waals surface area contributed by atoms with Crippen molar-refractivity contribution in [3.05, 3.63) is 34.1 Å². The van der Waals surface area contributed by atoms with Crippen LogP contribution in [0.4, 0.5) is 20.5 Å². The summed E-state index contributed by atoms with van der Waals surface area (Å²) in [5.74, 6) is -0.576. The summed E-state index contributed by atoms with van der Waals surface area (Å²) < 4.78 is 31.9. The van der Waals surface area contributed by atoms with Gasteiger partial charge in [-0.05, 0) is 22.0 Å². The van der Waals surface area contributed by atoms with Gasteiger partial charge in [-0.3, -0.25) is 0 Å². The van der Waals surface area contributed by atoms with E-state index in [1.807, 2.05) is 0 Å². The van der Waals surface area contributed by atoms with Crippen LogP contribution in [0, 0.1) is 11.6 Å². The Hall–Kier alpha value is -1.21. The fourth-order valence-corrected chi connectivity index (χ4v) is 1.70. The third-order valence-corrected chi connectivity index (χ3v) is 2.82. The predicted molar refractivity (Wildman–Crippen MR) is 66.1 cm³/mol. The lowest BCUT2D eigenvalue weighted by molar-refractivity contribution is 0.515. The average molecular weight is 339 g/mol. The summed E-state index contributed by atoms with van der Waals surface area (Å²) in [6.45, 7) is 0. The molecule has 1 aromatic carbocycles. The Kier molecular flexibility index (Phi) is 4.13. The molecule has 1 aromatic heterocycles. The molecule has 0 saturated carbocycles. The van der Waals surface area contributed by atoms with Crippen molar-refractivity contribution in [1.29, 1.82) is 0 Å². The Bertz CT molecular complexity index is 564. The first-order chi connectivity index (χ1) is 8.60. The fourth-order valence-electron chi connectivity index (χ4n) is 1.22. The zero-order valence-corrected chi connectivity index (χ0v) is 11.2. The first kappa shape index (κ1) is 13.2. The Labute approximate surface area is 114 Å². The second-order valence-corrected chi connectivity index (χ2v) is 4.54. The van der Waals surface area contributed by atoms with Crippen LogP contribution in [0.25, 0.3) is 0 Å². The Morgan fingerprint density at radius 2 is 2.06 bits per heavy atom. The number of nitrogens with one attached hydrogen (secondary N) is 1. The Balaban J connectivity index is 2.20. The molecule has 0 unspecified atom stereocenters. The minimum Gasteiger partial charge on any atom is -0.408 e. The van der Waals surface area contributed by atoms with E-state index in [1.165, 1.54) is 0 Å². The number of anilines is 2. The number of aromatic nitrogens is 2. The normalized spacial score (nSPS) is 10.7. The largest absolute Gasteiger partial charge is 0.408 e. The van der Waals surface area contributed by atoms with Gasteiger partial charge in [-0.2, -0.15) is 0 Å².